The molecular formula is C23H33N3O2. The Labute approximate surface area is 168 Å². The maximum Gasteiger partial charge on any atom is 0.251 e. The second-order valence-corrected chi connectivity index (χ2v) is 7.50. The van der Waals surface area contributed by atoms with Crippen molar-refractivity contribution in [3.8, 4) is 0 Å². The monoisotopic (exact) mass is 383 g/mol. The highest BCUT2D eigenvalue weighted by molar-refractivity contribution is 5.94. The van der Waals surface area contributed by atoms with Gasteiger partial charge in [-0.1, -0.05) is 32.4 Å². The number of hydrogen-bond acceptors (Lipinski definition) is 4. The Hall–Kier alpha value is -2.11. The smallest absolute Gasteiger partial charge is 0.251 e. The van der Waals surface area contributed by atoms with E-state index in [2.05, 4.69) is 41.1 Å². The molecule has 1 aromatic heterocycles. The summed E-state index contributed by atoms with van der Waals surface area (Å²) >= 11 is 0. The molecule has 28 heavy (non-hydrogen) atoms. The molecule has 0 spiro atoms. The van der Waals surface area contributed by atoms with E-state index in [-0.39, 0.29) is 11.9 Å². The number of carbonyl (C=O) groups is 1. The van der Waals surface area contributed by atoms with Crippen LogP contribution in [-0.4, -0.2) is 48.4 Å². The Morgan fingerprint density at radius 2 is 1.82 bits per heavy atom. The van der Waals surface area contributed by atoms with Crippen LogP contribution in [-0.2, 0) is 6.54 Å². The van der Waals surface area contributed by atoms with Crippen LogP contribution in [0.5, 0.6) is 0 Å². The van der Waals surface area contributed by atoms with Crippen LogP contribution >= 0.6 is 0 Å². The van der Waals surface area contributed by atoms with Gasteiger partial charge >= 0.3 is 0 Å². The topological polar surface area (TPSA) is 48.7 Å². The van der Waals surface area contributed by atoms with Crippen LogP contribution in [0.4, 0.5) is 0 Å². The number of furan rings is 1. The van der Waals surface area contributed by atoms with Crippen molar-refractivity contribution in [2.24, 2.45) is 0 Å². The number of likely N-dealkylation sites (tertiary alicyclic amines) is 1. The number of benzene rings is 1. The molecule has 152 valence electrons. The van der Waals surface area contributed by atoms with Gasteiger partial charge in [0.15, 0.2) is 0 Å². The summed E-state index contributed by atoms with van der Waals surface area (Å²) in [5, 5.41) is 3.12. The number of nitrogens with one attached hydrogen (secondary N) is 1. The molecule has 1 aromatic carbocycles. The van der Waals surface area contributed by atoms with E-state index in [1.165, 1.54) is 24.8 Å². The van der Waals surface area contributed by atoms with Gasteiger partial charge < -0.3 is 9.73 Å². The van der Waals surface area contributed by atoms with Gasteiger partial charge in [0.05, 0.1) is 12.3 Å². The number of amides is 1. The molecule has 0 bridgehead atoms. The number of nitrogens with zero attached hydrogens (tertiary/aromatic N) is 2. The molecule has 2 aromatic rings. The van der Waals surface area contributed by atoms with Crippen LogP contribution < -0.4 is 5.32 Å². The Morgan fingerprint density at radius 1 is 1.11 bits per heavy atom. The SMILES string of the molecule is CCN(CC)Cc1ccc(C(=O)NCC(c2ccco2)N2CCCCC2)cc1. The summed E-state index contributed by atoms with van der Waals surface area (Å²) in [5.41, 5.74) is 1.95. The summed E-state index contributed by atoms with van der Waals surface area (Å²) in [6, 6.07) is 12.0. The molecule has 2 heterocycles. The van der Waals surface area contributed by atoms with Crippen molar-refractivity contribution < 1.29 is 9.21 Å². The van der Waals surface area contributed by atoms with Gasteiger partial charge in [0.2, 0.25) is 0 Å². The van der Waals surface area contributed by atoms with E-state index in [9.17, 15) is 4.79 Å². The highest BCUT2D eigenvalue weighted by Gasteiger charge is 2.25. The first-order chi connectivity index (χ1) is 13.7. The van der Waals surface area contributed by atoms with Gasteiger partial charge in [-0.2, -0.15) is 0 Å². The van der Waals surface area contributed by atoms with Gasteiger partial charge in [0.25, 0.3) is 5.91 Å². The van der Waals surface area contributed by atoms with Gasteiger partial charge in [-0.25, -0.2) is 0 Å². The lowest BCUT2D eigenvalue weighted by Crippen LogP contribution is -2.40. The van der Waals surface area contributed by atoms with Crippen LogP contribution in [0.15, 0.2) is 47.1 Å². The Balaban J connectivity index is 1.59. The third-order valence-electron chi connectivity index (χ3n) is 5.68. The summed E-state index contributed by atoms with van der Waals surface area (Å²) in [6.45, 7) is 10.00. The van der Waals surface area contributed by atoms with Crippen LogP contribution in [0.3, 0.4) is 0 Å². The van der Waals surface area contributed by atoms with Crippen molar-refractivity contribution in [1.82, 2.24) is 15.1 Å². The molecule has 1 N–H and O–H groups in total. The Bertz CT molecular complexity index is 702. The molecule has 1 amide bonds. The first-order valence-electron chi connectivity index (χ1n) is 10.6. The van der Waals surface area contributed by atoms with Crippen molar-refractivity contribution in [3.63, 3.8) is 0 Å². The largest absolute Gasteiger partial charge is 0.468 e. The fraction of sp³-hybridized carbons (Fsp3) is 0.522. The van der Waals surface area contributed by atoms with Gasteiger partial charge in [-0.05, 0) is 68.8 Å². The van der Waals surface area contributed by atoms with Crippen molar-refractivity contribution >= 4 is 5.91 Å². The second kappa shape index (κ2) is 10.4. The molecule has 1 unspecified atom stereocenters. The van der Waals surface area contributed by atoms with Crippen molar-refractivity contribution in [3.05, 3.63) is 59.5 Å². The fourth-order valence-corrected chi connectivity index (χ4v) is 3.88. The first-order valence-corrected chi connectivity index (χ1v) is 10.6. The number of carbonyl (C=O) groups excluding carboxylic acids is 1. The van der Waals surface area contributed by atoms with E-state index in [1.54, 1.807) is 6.26 Å². The van der Waals surface area contributed by atoms with E-state index < -0.39 is 0 Å². The normalized spacial score (nSPS) is 16.2. The third-order valence-corrected chi connectivity index (χ3v) is 5.68. The molecule has 1 aliphatic heterocycles. The lowest BCUT2D eigenvalue weighted by molar-refractivity contribution is 0.0914. The van der Waals surface area contributed by atoms with Crippen LogP contribution in [0.1, 0.15) is 60.8 Å². The number of hydrogen-bond donors (Lipinski definition) is 1. The quantitative estimate of drug-likeness (QED) is 0.709. The van der Waals surface area contributed by atoms with Gasteiger partial charge in [0.1, 0.15) is 5.76 Å². The summed E-state index contributed by atoms with van der Waals surface area (Å²) in [4.78, 5) is 17.5. The lowest BCUT2D eigenvalue weighted by atomic mass is 10.1. The molecule has 0 saturated carbocycles. The van der Waals surface area contributed by atoms with E-state index in [0.29, 0.717) is 12.1 Å². The average Bonchev–Trinajstić information content (AvgIpc) is 3.28. The van der Waals surface area contributed by atoms with E-state index in [4.69, 9.17) is 4.42 Å². The molecular weight excluding hydrogens is 350 g/mol. The van der Waals surface area contributed by atoms with Crippen LogP contribution in [0.25, 0.3) is 0 Å². The zero-order valence-electron chi connectivity index (χ0n) is 17.2. The minimum atomic E-state index is -0.0250. The highest BCUT2D eigenvalue weighted by atomic mass is 16.3. The molecule has 1 fully saturated rings. The summed E-state index contributed by atoms with van der Waals surface area (Å²) < 4.78 is 5.66. The predicted molar refractivity (Wildman–Crippen MR) is 112 cm³/mol. The summed E-state index contributed by atoms with van der Waals surface area (Å²) in [6.07, 6.45) is 5.41. The second-order valence-electron chi connectivity index (χ2n) is 7.50. The molecule has 0 radical (unpaired) electrons. The van der Waals surface area contributed by atoms with E-state index in [1.807, 2.05) is 24.3 Å². The maximum atomic E-state index is 12.7. The van der Waals surface area contributed by atoms with Gasteiger partial charge in [-0.3, -0.25) is 14.6 Å². The van der Waals surface area contributed by atoms with E-state index >= 15 is 0 Å². The highest BCUT2D eigenvalue weighted by Crippen LogP contribution is 2.24. The zero-order chi connectivity index (χ0) is 19.8. The molecule has 0 aliphatic carbocycles. The summed E-state index contributed by atoms with van der Waals surface area (Å²) in [7, 11) is 0. The molecule has 1 saturated heterocycles. The maximum absolute atomic E-state index is 12.7. The standard InChI is InChI=1S/C23H33N3O2/c1-3-25(4-2)18-19-10-12-20(13-11-19)23(27)24-17-21(22-9-8-16-28-22)26-14-6-5-7-15-26/h8-13,16,21H,3-7,14-15,17-18H2,1-2H3,(H,24,27). The predicted octanol–water partition coefficient (Wildman–Crippen LogP) is 4.08. The average molecular weight is 384 g/mol. The van der Waals surface area contributed by atoms with Gasteiger partial charge in [0, 0.05) is 18.7 Å². The van der Waals surface area contributed by atoms with Crippen molar-refractivity contribution in [2.45, 2.75) is 45.7 Å². The Morgan fingerprint density at radius 3 is 2.43 bits per heavy atom. The molecule has 5 nitrogen and oxygen atoms in total. The summed E-state index contributed by atoms with van der Waals surface area (Å²) in [5.74, 6) is 0.903. The van der Waals surface area contributed by atoms with E-state index in [0.717, 1.165) is 38.5 Å². The number of rotatable bonds is 9. The minimum Gasteiger partial charge on any atom is -0.468 e. The molecule has 3 rings (SSSR count). The molecule has 5 heteroatoms. The number of piperidine rings is 1. The van der Waals surface area contributed by atoms with Crippen LogP contribution in [0.2, 0.25) is 0 Å². The lowest BCUT2D eigenvalue weighted by Gasteiger charge is -2.33. The van der Waals surface area contributed by atoms with Crippen LogP contribution in [0, 0.1) is 0 Å². The van der Waals surface area contributed by atoms with Gasteiger partial charge in [-0.15, -0.1) is 0 Å². The first kappa shape index (κ1) is 20.6. The molecule has 1 aliphatic rings. The fourth-order valence-electron chi connectivity index (χ4n) is 3.88. The third kappa shape index (κ3) is 5.46. The minimum absolute atomic E-state index is 0.0250. The van der Waals surface area contributed by atoms with Crippen molar-refractivity contribution in [2.75, 3.05) is 32.7 Å². The molecule has 1 atom stereocenters. The Kier molecular flexibility index (Phi) is 7.69. The van der Waals surface area contributed by atoms with Crippen molar-refractivity contribution in [1.29, 1.82) is 0 Å². The zero-order valence-corrected chi connectivity index (χ0v) is 17.2.